The van der Waals surface area contributed by atoms with Crippen molar-refractivity contribution in [2.24, 2.45) is 5.92 Å². The molecule has 6 heteroatoms. The van der Waals surface area contributed by atoms with Crippen LogP contribution in [0.4, 0.5) is 5.69 Å². The van der Waals surface area contributed by atoms with E-state index in [2.05, 4.69) is 10.6 Å². The molecule has 0 saturated carbocycles. The van der Waals surface area contributed by atoms with Gasteiger partial charge in [0.15, 0.2) is 0 Å². The number of hydrogen-bond donors (Lipinski definition) is 2. The van der Waals surface area contributed by atoms with Gasteiger partial charge in [0.05, 0.1) is 6.54 Å². The minimum absolute atomic E-state index is 0.0967. The maximum absolute atomic E-state index is 12.9. The highest BCUT2D eigenvalue weighted by molar-refractivity contribution is 5.99. The fourth-order valence-corrected chi connectivity index (χ4v) is 3.11. The molecule has 1 atom stereocenters. The first-order chi connectivity index (χ1) is 14.2. The number of benzene rings is 2. The van der Waals surface area contributed by atoms with Crippen LogP contribution in [0.5, 0.6) is 0 Å². The van der Waals surface area contributed by atoms with Gasteiger partial charge in [0.25, 0.3) is 5.91 Å². The Balaban J connectivity index is 2.02. The van der Waals surface area contributed by atoms with Crippen LogP contribution in [0.25, 0.3) is 0 Å². The normalized spacial score (nSPS) is 11.7. The predicted octanol–water partition coefficient (Wildman–Crippen LogP) is 3.41. The van der Waals surface area contributed by atoms with Gasteiger partial charge in [0.1, 0.15) is 6.04 Å². The molecule has 0 radical (unpaired) electrons. The van der Waals surface area contributed by atoms with E-state index in [0.717, 1.165) is 23.2 Å². The fourth-order valence-electron chi connectivity index (χ4n) is 3.11. The molecule has 0 spiro atoms. The maximum Gasteiger partial charge on any atom is 0.251 e. The summed E-state index contributed by atoms with van der Waals surface area (Å²) in [5.41, 5.74) is 3.33. The molecule has 1 unspecified atom stereocenters. The zero-order chi connectivity index (χ0) is 22.3. The average molecular weight is 410 g/mol. The zero-order valence-electron chi connectivity index (χ0n) is 18.4. The van der Waals surface area contributed by atoms with E-state index in [1.165, 1.54) is 4.90 Å². The van der Waals surface area contributed by atoms with Gasteiger partial charge in [-0.2, -0.15) is 0 Å². The number of amides is 3. The van der Waals surface area contributed by atoms with Crippen LogP contribution in [0, 0.1) is 12.8 Å². The van der Waals surface area contributed by atoms with E-state index in [4.69, 9.17) is 0 Å². The number of rotatable bonds is 8. The molecular formula is C24H31N3O3. The van der Waals surface area contributed by atoms with E-state index in [-0.39, 0.29) is 30.2 Å². The first-order valence-electron chi connectivity index (χ1n) is 10.2. The van der Waals surface area contributed by atoms with E-state index >= 15 is 0 Å². The van der Waals surface area contributed by atoms with Crippen molar-refractivity contribution >= 4 is 23.4 Å². The number of hydrogen-bond acceptors (Lipinski definition) is 3. The van der Waals surface area contributed by atoms with E-state index in [9.17, 15) is 14.4 Å². The highest BCUT2D eigenvalue weighted by atomic mass is 16.2. The van der Waals surface area contributed by atoms with E-state index in [0.29, 0.717) is 5.56 Å². The van der Waals surface area contributed by atoms with Crippen molar-refractivity contribution in [3.63, 3.8) is 0 Å². The zero-order valence-corrected chi connectivity index (χ0v) is 18.4. The summed E-state index contributed by atoms with van der Waals surface area (Å²) in [7, 11) is 1.57. The molecule has 0 aliphatic heterocycles. The van der Waals surface area contributed by atoms with E-state index in [1.807, 2.05) is 64.1 Å². The molecule has 0 fully saturated rings. The molecule has 160 valence electrons. The largest absolute Gasteiger partial charge is 0.340 e. The summed E-state index contributed by atoms with van der Waals surface area (Å²) in [6.07, 6.45) is 0.797. The lowest BCUT2D eigenvalue weighted by Crippen LogP contribution is -2.51. The second kappa shape index (κ2) is 10.6. The summed E-state index contributed by atoms with van der Waals surface area (Å²) in [5.74, 6) is -1.02. The van der Waals surface area contributed by atoms with Crippen molar-refractivity contribution in [1.29, 1.82) is 0 Å². The molecule has 0 aliphatic rings. The molecule has 2 N–H and O–H groups in total. The Kier molecular flexibility index (Phi) is 8.16. The van der Waals surface area contributed by atoms with Gasteiger partial charge >= 0.3 is 0 Å². The molecule has 0 heterocycles. The van der Waals surface area contributed by atoms with E-state index < -0.39 is 6.04 Å². The maximum atomic E-state index is 12.9. The number of nitrogens with one attached hydrogen (secondary N) is 2. The lowest BCUT2D eigenvalue weighted by molar-refractivity contribution is -0.135. The number of aryl methyl sites for hydroxylation is 2. The number of likely N-dealkylation sites (N-methyl/N-ethyl adjacent to an activating group) is 1. The van der Waals surface area contributed by atoms with Gasteiger partial charge in [-0.3, -0.25) is 14.4 Å². The third kappa shape index (κ3) is 6.17. The van der Waals surface area contributed by atoms with Crippen LogP contribution in [0.3, 0.4) is 0 Å². The molecule has 30 heavy (non-hydrogen) atoms. The molecule has 6 nitrogen and oxygen atoms in total. The van der Waals surface area contributed by atoms with Gasteiger partial charge in [-0.15, -0.1) is 0 Å². The topological polar surface area (TPSA) is 78.5 Å². The fraction of sp³-hybridized carbons (Fsp3) is 0.375. The molecule has 0 bridgehead atoms. The van der Waals surface area contributed by atoms with E-state index in [1.54, 1.807) is 19.2 Å². The summed E-state index contributed by atoms with van der Waals surface area (Å²) in [4.78, 5) is 39.3. The molecule has 2 aromatic rings. The van der Waals surface area contributed by atoms with Gasteiger partial charge in [-0.25, -0.2) is 0 Å². The monoisotopic (exact) mass is 409 g/mol. The van der Waals surface area contributed by atoms with Crippen LogP contribution < -0.4 is 10.6 Å². The minimum Gasteiger partial charge on any atom is -0.340 e. The molecule has 3 amide bonds. The summed E-state index contributed by atoms with van der Waals surface area (Å²) in [5, 5.41) is 5.68. The van der Waals surface area contributed by atoms with Crippen LogP contribution >= 0.6 is 0 Å². The van der Waals surface area contributed by atoms with Crippen LogP contribution in [-0.2, 0) is 16.0 Å². The van der Waals surface area contributed by atoms with Crippen LogP contribution in [0.2, 0.25) is 0 Å². The summed E-state index contributed by atoms with van der Waals surface area (Å²) in [6, 6.07) is 14.0. The lowest BCUT2D eigenvalue weighted by atomic mass is 10.0. The highest BCUT2D eigenvalue weighted by Gasteiger charge is 2.28. The Morgan fingerprint density at radius 1 is 1.00 bits per heavy atom. The minimum atomic E-state index is -0.723. The molecule has 0 aliphatic carbocycles. The number of nitrogens with zero attached hydrogens (tertiary/aromatic N) is 1. The molecular weight excluding hydrogens is 378 g/mol. The Morgan fingerprint density at radius 2 is 1.63 bits per heavy atom. The summed E-state index contributed by atoms with van der Waals surface area (Å²) >= 11 is 0. The lowest BCUT2D eigenvalue weighted by Gasteiger charge is -2.27. The molecule has 2 rings (SSSR count). The third-order valence-electron chi connectivity index (χ3n) is 4.96. The highest BCUT2D eigenvalue weighted by Crippen LogP contribution is 2.15. The molecule has 0 aromatic heterocycles. The standard InChI is InChI=1S/C24H31N3O3/c1-6-18-9-7-8-10-20(18)25-21(28)15-27(5)24(30)22(16(2)3)26-23(29)19-13-11-17(4)12-14-19/h7-14,16,22H,6,15H2,1-5H3,(H,25,28)(H,26,29). The van der Waals surface area contributed by atoms with Crippen molar-refractivity contribution in [3.05, 3.63) is 65.2 Å². The van der Waals surface area contributed by atoms with Crippen LogP contribution in [0.15, 0.2) is 48.5 Å². The van der Waals surface area contributed by atoms with Crippen LogP contribution in [0.1, 0.15) is 42.3 Å². The first-order valence-corrected chi connectivity index (χ1v) is 10.2. The third-order valence-corrected chi connectivity index (χ3v) is 4.96. The second-order valence-electron chi connectivity index (χ2n) is 7.81. The predicted molar refractivity (Wildman–Crippen MR) is 119 cm³/mol. The first kappa shape index (κ1) is 23.1. The van der Waals surface area contributed by atoms with Gasteiger partial charge in [-0.1, -0.05) is 56.7 Å². The van der Waals surface area contributed by atoms with Crippen molar-refractivity contribution in [3.8, 4) is 0 Å². The second-order valence-corrected chi connectivity index (χ2v) is 7.81. The van der Waals surface area contributed by atoms with Crippen molar-refractivity contribution in [1.82, 2.24) is 10.2 Å². The smallest absolute Gasteiger partial charge is 0.251 e. The average Bonchev–Trinajstić information content (AvgIpc) is 2.71. The Labute approximate surface area is 178 Å². The van der Waals surface area contributed by atoms with Gasteiger partial charge in [-0.05, 0) is 43.0 Å². The summed E-state index contributed by atoms with van der Waals surface area (Å²) in [6.45, 7) is 7.60. The number of para-hydroxylation sites is 1. The number of anilines is 1. The number of carbonyl (C=O) groups is 3. The van der Waals surface area contributed by atoms with Gasteiger partial charge in [0.2, 0.25) is 11.8 Å². The Morgan fingerprint density at radius 3 is 2.23 bits per heavy atom. The van der Waals surface area contributed by atoms with Crippen LogP contribution in [-0.4, -0.2) is 42.3 Å². The molecule has 2 aromatic carbocycles. The van der Waals surface area contributed by atoms with Gasteiger partial charge in [0, 0.05) is 18.3 Å². The van der Waals surface area contributed by atoms with Crippen molar-refractivity contribution in [2.45, 2.75) is 40.2 Å². The Bertz CT molecular complexity index is 891. The Hall–Kier alpha value is -3.15. The van der Waals surface area contributed by atoms with Crippen molar-refractivity contribution in [2.75, 3.05) is 18.9 Å². The SMILES string of the molecule is CCc1ccccc1NC(=O)CN(C)C(=O)C(NC(=O)c1ccc(C)cc1)C(C)C. The number of carbonyl (C=O) groups excluding carboxylic acids is 3. The van der Waals surface area contributed by atoms with Gasteiger partial charge < -0.3 is 15.5 Å². The van der Waals surface area contributed by atoms with Crippen molar-refractivity contribution < 1.29 is 14.4 Å². The quantitative estimate of drug-likeness (QED) is 0.701. The molecule has 0 saturated heterocycles. The summed E-state index contributed by atoms with van der Waals surface area (Å²) < 4.78 is 0.